The van der Waals surface area contributed by atoms with Gasteiger partial charge in [0.05, 0.1) is 21.3 Å². The molecule has 0 radical (unpaired) electrons. The molecule has 2 N–H and O–H groups in total. The van der Waals surface area contributed by atoms with E-state index in [1.54, 1.807) is 18.2 Å². The molecule has 0 bridgehead atoms. The largest absolute Gasteiger partial charge is 0.457 e. The number of esters is 1. The van der Waals surface area contributed by atoms with Gasteiger partial charge >= 0.3 is 5.97 Å². The first-order valence-electron chi connectivity index (χ1n) is 5.64. The SMILES string of the molecule is Nc1cccc(C(=O)OCc2ccc(Cl)c(F)c2)c1Cl. The molecule has 0 aliphatic rings. The first-order chi connectivity index (χ1) is 9.49. The third kappa shape index (κ3) is 3.21. The van der Waals surface area contributed by atoms with Gasteiger partial charge in [-0.2, -0.15) is 0 Å². The zero-order chi connectivity index (χ0) is 14.7. The summed E-state index contributed by atoms with van der Waals surface area (Å²) in [6.07, 6.45) is 0. The van der Waals surface area contributed by atoms with Crippen LogP contribution in [0.2, 0.25) is 10.0 Å². The molecule has 0 aliphatic heterocycles. The fourth-order valence-corrected chi connectivity index (χ4v) is 1.88. The molecule has 0 atom stereocenters. The van der Waals surface area contributed by atoms with Crippen LogP contribution in [0.1, 0.15) is 15.9 Å². The van der Waals surface area contributed by atoms with Crippen molar-refractivity contribution < 1.29 is 13.9 Å². The summed E-state index contributed by atoms with van der Waals surface area (Å²) in [6, 6.07) is 8.85. The first kappa shape index (κ1) is 14.6. The maximum atomic E-state index is 13.2. The molecule has 0 saturated heterocycles. The van der Waals surface area contributed by atoms with E-state index in [2.05, 4.69) is 0 Å². The van der Waals surface area contributed by atoms with Crippen LogP contribution in [0, 0.1) is 5.82 Å². The Labute approximate surface area is 125 Å². The van der Waals surface area contributed by atoms with Gasteiger partial charge in [0.25, 0.3) is 0 Å². The Morgan fingerprint density at radius 3 is 2.70 bits per heavy atom. The minimum absolute atomic E-state index is 0.0129. The molecule has 104 valence electrons. The number of carbonyl (C=O) groups is 1. The zero-order valence-corrected chi connectivity index (χ0v) is 11.7. The van der Waals surface area contributed by atoms with Crippen molar-refractivity contribution in [1.82, 2.24) is 0 Å². The molecular weight excluding hydrogens is 304 g/mol. The Bertz CT molecular complexity index is 662. The molecule has 20 heavy (non-hydrogen) atoms. The standard InChI is InChI=1S/C14H10Cl2FNO2/c15-10-5-4-8(6-11(10)17)7-20-14(19)9-2-1-3-12(18)13(9)16/h1-6H,7,18H2. The molecule has 3 nitrogen and oxygen atoms in total. The van der Waals surface area contributed by atoms with Gasteiger partial charge in [-0.25, -0.2) is 9.18 Å². The lowest BCUT2D eigenvalue weighted by Crippen LogP contribution is -2.07. The van der Waals surface area contributed by atoms with Crippen molar-refractivity contribution >= 4 is 34.9 Å². The van der Waals surface area contributed by atoms with Crippen LogP contribution in [0.4, 0.5) is 10.1 Å². The molecule has 0 aromatic heterocycles. The molecule has 6 heteroatoms. The maximum Gasteiger partial charge on any atom is 0.340 e. The Morgan fingerprint density at radius 1 is 1.25 bits per heavy atom. The summed E-state index contributed by atoms with van der Waals surface area (Å²) >= 11 is 11.5. The number of nitrogens with two attached hydrogens (primary N) is 1. The predicted octanol–water partition coefficient (Wildman–Crippen LogP) is 4.07. The van der Waals surface area contributed by atoms with Crippen LogP contribution in [0.25, 0.3) is 0 Å². The van der Waals surface area contributed by atoms with Crippen molar-refractivity contribution in [2.75, 3.05) is 5.73 Å². The first-order valence-corrected chi connectivity index (χ1v) is 6.39. The van der Waals surface area contributed by atoms with Gasteiger partial charge in [0.15, 0.2) is 0 Å². The quantitative estimate of drug-likeness (QED) is 0.686. The van der Waals surface area contributed by atoms with Gasteiger partial charge in [0, 0.05) is 0 Å². The summed E-state index contributed by atoms with van der Waals surface area (Å²) in [4.78, 5) is 11.9. The van der Waals surface area contributed by atoms with Gasteiger partial charge in [-0.15, -0.1) is 0 Å². The summed E-state index contributed by atoms with van der Waals surface area (Å²) in [7, 11) is 0. The van der Waals surface area contributed by atoms with Crippen LogP contribution in [0.3, 0.4) is 0 Å². The second-order valence-corrected chi connectivity index (χ2v) is 4.82. The Morgan fingerprint density at radius 2 is 2.00 bits per heavy atom. The average Bonchev–Trinajstić information content (AvgIpc) is 2.43. The summed E-state index contributed by atoms with van der Waals surface area (Å²) in [6.45, 7) is -0.0853. The molecule has 0 saturated carbocycles. The topological polar surface area (TPSA) is 52.3 Å². The molecule has 2 rings (SSSR count). The van der Waals surface area contributed by atoms with E-state index in [4.69, 9.17) is 33.7 Å². The normalized spacial score (nSPS) is 10.3. The monoisotopic (exact) mass is 313 g/mol. The highest BCUT2D eigenvalue weighted by atomic mass is 35.5. The predicted molar refractivity (Wildman–Crippen MR) is 76.4 cm³/mol. The van der Waals surface area contributed by atoms with E-state index < -0.39 is 11.8 Å². The summed E-state index contributed by atoms with van der Waals surface area (Å²) < 4.78 is 18.3. The third-order valence-corrected chi connectivity index (χ3v) is 3.33. The number of benzene rings is 2. The summed E-state index contributed by atoms with van der Waals surface area (Å²) in [5.41, 5.74) is 6.54. The lowest BCUT2D eigenvalue weighted by atomic mass is 10.2. The van der Waals surface area contributed by atoms with Gasteiger partial charge in [0.2, 0.25) is 0 Å². The van der Waals surface area contributed by atoms with Gasteiger partial charge in [-0.3, -0.25) is 0 Å². The van der Waals surface area contributed by atoms with E-state index in [1.807, 2.05) is 0 Å². The molecule has 0 unspecified atom stereocenters. The number of anilines is 1. The van der Waals surface area contributed by atoms with Gasteiger partial charge in [-0.1, -0.05) is 35.3 Å². The number of halogens is 3. The van der Waals surface area contributed by atoms with Crippen molar-refractivity contribution in [1.29, 1.82) is 0 Å². The number of carbonyl (C=O) groups excluding carboxylic acids is 1. The minimum atomic E-state index is -0.627. The van der Waals surface area contributed by atoms with E-state index in [0.717, 1.165) is 0 Å². The van der Waals surface area contributed by atoms with Crippen molar-refractivity contribution in [2.45, 2.75) is 6.61 Å². The second kappa shape index (κ2) is 6.11. The fraction of sp³-hybridized carbons (Fsp3) is 0.0714. The maximum absolute atomic E-state index is 13.2. The minimum Gasteiger partial charge on any atom is -0.457 e. The number of nitrogen functional groups attached to an aromatic ring is 1. The Kier molecular flexibility index (Phi) is 4.47. The van der Waals surface area contributed by atoms with E-state index in [9.17, 15) is 9.18 Å². The van der Waals surface area contributed by atoms with Crippen molar-refractivity contribution in [3.8, 4) is 0 Å². The summed E-state index contributed by atoms with van der Waals surface area (Å²) in [5.74, 6) is -1.19. The molecule has 0 heterocycles. The lowest BCUT2D eigenvalue weighted by Gasteiger charge is -2.08. The smallest absolute Gasteiger partial charge is 0.340 e. The van der Waals surface area contributed by atoms with Crippen LogP contribution < -0.4 is 5.73 Å². The molecule has 2 aromatic rings. The van der Waals surface area contributed by atoms with Gasteiger partial charge in [-0.05, 0) is 29.8 Å². The molecule has 0 aliphatic carbocycles. The van der Waals surface area contributed by atoms with Gasteiger partial charge < -0.3 is 10.5 Å². The average molecular weight is 314 g/mol. The molecule has 0 amide bonds. The molecule has 0 spiro atoms. The van der Waals surface area contributed by atoms with Crippen molar-refractivity contribution in [3.05, 3.63) is 63.4 Å². The lowest BCUT2D eigenvalue weighted by molar-refractivity contribution is 0.0472. The number of hydrogen-bond donors (Lipinski definition) is 1. The number of hydrogen-bond acceptors (Lipinski definition) is 3. The zero-order valence-electron chi connectivity index (χ0n) is 10.2. The van der Waals surface area contributed by atoms with E-state index in [1.165, 1.54) is 18.2 Å². The highest BCUT2D eigenvalue weighted by Gasteiger charge is 2.14. The van der Waals surface area contributed by atoms with E-state index >= 15 is 0 Å². The third-order valence-electron chi connectivity index (χ3n) is 2.60. The van der Waals surface area contributed by atoms with Gasteiger partial charge in [0.1, 0.15) is 12.4 Å². The van der Waals surface area contributed by atoms with Crippen LogP contribution in [0.15, 0.2) is 36.4 Å². The second-order valence-electron chi connectivity index (χ2n) is 4.03. The van der Waals surface area contributed by atoms with E-state index in [0.29, 0.717) is 11.3 Å². The van der Waals surface area contributed by atoms with Crippen molar-refractivity contribution in [3.63, 3.8) is 0 Å². The highest BCUT2D eigenvalue weighted by molar-refractivity contribution is 6.36. The molecular formula is C14H10Cl2FNO2. The highest BCUT2D eigenvalue weighted by Crippen LogP contribution is 2.24. The fourth-order valence-electron chi connectivity index (χ4n) is 1.56. The van der Waals surface area contributed by atoms with Crippen LogP contribution in [-0.4, -0.2) is 5.97 Å². The summed E-state index contributed by atoms with van der Waals surface area (Å²) in [5, 5.41) is 0.152. The number of rotatable bonds is 3. The van der Waals surface area contributed by atoms with E-state index in [-0.39, 0.29) is 22.2 Å². The number of ether oxygens (including phenoxy) is 1. The van der Waals surface area contributed by atoms with Crippen LogP contribution in [-0.2, 0) is 11.3 Å². The van der Waals surface area contributed by atoms with Crippen LogP contribution in [0.5, 0.6) is 0 Å². The van der Waals surface area contributed by atoms with Crippen LogP contribution >= 0.6 is 23.2 Å². The Balaban J connectivity index is 2.08. The molecule has 0 fully saturated rings. The molecule has 2 aromatic carbocycles. The van der Waals surface area contributed by atoms with Crippen molar-refractivity contribution in [2.24, 2.45) is 0 Å². The Hall–Kier alpha value is -1.78.